The van der Waals surface area contributed by atoms with Crippen LogP contribution in [0.3, 0.4) is 0 Å². The van der Waals surface area contributed by atoms with Gasteiger partial charge in [-0.05, 0) is 77.5 Å². The molecule has 0 radical (unpaired) electrons. The van der Waals surface area contributed by atoms with Crippen molar-refractivity contribution in [3.05, 3.63) is 24.3 Å². The Hall–Kier alpha value is -1.95. The molecule has 0 unspecified atom stereocenters. The molecular weight excluding hydrogens is 378 g/mol. The molecule has 2 fully saturated rings. The Morgan fingerprint density at radius 3 is 2.77 bits per heavy atom. The number of likely N-dealkylation sites (tertiary alicyclic amines) is 1. The van der Waals surface area contributed by atoms with Crippen molar-refractivity contribution >= 4 is 11.8 Å². The van der Waals surface area contributed by atoms with Gasteiger partial charge in [0, 0.05) is 44.0 Å². The third-order valence-electron chi connectivity index (χ3n) is 6.25. The lowest BCUT2D eigenvalue weighted by atomic mass is 9.91. The van der Waals surface area contributed by atoms with Gasteiger partial charge in [-0.3, -0.25) is 0 Å². The SMILES string of the molecule is COc1cccc(N2CC[C@H](CN[C@@H](C)[C@@H]3CCCN(C(=O)OC(C)(C)C)C3)C2)c1. The minimum absolute atomic E-state index is 0.177. The van der Waals surface area contributed by atoms with Gasteiger partial charge < -0.3 is 24.6 Å². The summed E-state index contributed by atoms with van der Waals surface area (Å²) in [5.74, 6) is 2.03. The molecule has 0 saturated carbocycles. The van der Waals surface area contributed by atoms with Crippen LogP contribution in [-0.4, -0.2) is 62.5 Å². The number of nitrogens with one attached hydrogen (secondary N) is 1. The van der Waals surface area contributed by atoms with E-state index in [1.54, 1.807) is 7.11 Å². The highest BCUT2D eigenvalue weighted by atomic mass is 16.6. The quantitative estimate of drug-likeness (QED) is 0.754. The fourth-order valence-corrected chi connectivity index (χ4v) is 4.47. The summed E-state index contributed by atoms with van der Waals surface area (Å²) < 4.78 is 10.9. The molecule has 168 valence electrons. The molecule has 2 aliphatic rings. The van der Waals surface area contributed by atoms with E-state index in [2.05, 4.69) is 35.3 Å². The van der Waals surface area contributed by atoms with Crippen molar-refractivity contribution in [3.8, 4) is 5.75 Å². The van der Waals surface area contributed by atoms with Crippen molar-refractivity contribution in [1.82, 2.24) is 10.2 Å². The van der Waals surface area contributed by atoms with E-state index in [0.29, 0.717) is 17.9 Å². The Balaban J connectivity index is 1.45. The summed E-state index contributed by atoms with van der Waals surface area (Å²) >= 11 is 0. The van der Waals surface area contributed by atoms with Crippen molar-refractivity contribution in [2.75, 3.05) is 44.7 Å². The van der Waals surface area contributed by atoms with Gasteiger partial charge in [-0.2, -0.15) is 0 Å². The Bertz CT molecular complexity index is 703. The van der Waals surface area contributed by atoms with Crippen LogP contribution in [0.4, 0.5) is 10.5 Å². The summed E-state index contributed by atoms with van der Waals surface area (Å²) in [5.41, 5.74) is 0.801. The number of piperidine rings is 1. The smallest absolute Gasteiger partial charge is 0.410 e. The fraction of sp³-hybridized carbons (Fsp3) is 0.708. The van der Waals surface area contributed by atoms with Crippen LogP contribution >= 0.6 is 0 Å². The lowest BCUT2D eigenvalue weighted by molar-refractivity contribution is 0.0148. The zero-order valence-corrected chi connectivity index (χ0v) is 19.3. The van der Waals surface area contributed by atoms with E-state index in [1.165, 1.54) is 12.1 Å². The molecule has 30 heavy (non-hydrogen) atoms. The maximum atomic E-state index is 12.4. The monoisotopic (exact) mass is 417 g/mol. The molecule has 0 aliphatic carbocycles. The number of carbonyl (C=O) groups excluding carboxylic acids is 1. The third kappa shape index (κ3) is 6.27. The van der Waals surface area contributed by atoms with E-state index in [9.17, 15) is 4.79 Å². The standard InChI is InChI=1S/C24H39N3O3/c1-18(20-8-7-12-27(17-20)23(28)30-24(2,3)4)25-15-19-11-13-26(16-19)21-9-6-10-22(14-21)29-5/h6,9-10,14,18-20,25H,7-8,11-13,15-17H2,1-5H3/t18-,19+,20+/m0/s1. The zero-order valence-electron chi connectivity index (χ0n) is 19.3. The fourth-order valence-electron chi connectivity index (χ4n) is 4.47. The Morgan fingerprint density at radius 2 is 2.03 bits per heavy atom. The first kappa shape index (κ1) is 22.7. The maximum absolute atomic E-state index is 12.4. The van der Waals surface area contributed by atoms with Gasteiger partial charge in [-0.25, -0.2) is 4.79 Å². The van der Waals surface area contributed by atoms with Gasteiger partial charge in [0.15, 0.2) is 0 Å². The predicted octanol–water partition coefficient (Wildman–Crippen LogP) is 4.15. The number of benzene rings is 1. The second kappa shape index (κ2) is 9.90. The van der Waals surface area contributed by atoms with E-state index in [0.717, 1.165) is 51.3 Å². The molecule has 2 aliphatic heterocycles. The van der Waals surface area contributed by atoms with E-state index < -0.39 is 5.60 Å². The number of anilines is 1. The first-order chi connectivity index (χ1) is 14.2. The molecule has 0 bridgehead atoms. The second-order valence-corrected chi connectivity index (χ2v) is 9.83. The number of hydrogen-bond donors (Lipinski definition) is 1. The Morgan fingerprint density at radius 1 is 1.23 bits per heavy atom. The Kier molecular flexibility index (Phi) is 7.50. The summed E-state index contributed by atoms with van der Waals surface area (Å²) in [6, 6.07) is 8.72. The first-order valence-electron chi connectivity index (χ1n) is 11.4. The molecular formula is C24H39N3O3. The molecule has 0 aromatic heterocycles. The van der Waals surface area contributed by atoms with Crippen LogP contribution in [0, 0.1) is 11.8 Å². The molecule has 2 saturated heterocycles. The summed E-state index contributed by atoms with van der Waals surface area (Å²) in [4.78, 5) is 16.8. The van der Waals surface area contributed by atoms with Crippen molar-refractivity contribution < 1.29 is 14.3 Å². The minimum atomic E-state index is -0.439. The topological polar surface area (TPSA) is 54.0 Å². The number of ether oxygens (including phenoxy) is 2. The van der Waals surface area contributed by atoms with Gasteiger partial charge in [-0.1, -0.05) is 6.07 Å². The van der Waals surface area contributed by atoms with Gasteiger partial charge in [-0.15, -0.1) is 0 Å². The molecule has 3 atom stereocenters. The lowest BCUT2D eigenvalue weighted by Crippen LogP contribution is -2.48. The van der Waals surface area contributed by atoms with Gasteiger partial charge >= 0.3 is 6.09 Å². The van der Waals surface area contributed by atoms with E-state index in [4.69, 9.17) is 9.47 Å². The van der Waals surface area contributed by atoms with Crippen LogP contribution in [0.1, 0.15) is 47.0 Å². The van der Waals surface area contributed by atoms with Crippen LogP contribution in [0.2, 0.25) is 0 Å². The van der Waals surface area contributed by atoms with Crippen molar-refractivity contribution in [2.45, 2.75) is 58.6 Å². The van der Waals surface area contributed by atoms with Crippen LogP contribution in [0.15, 0.2) is 24.3 Å². The molecule has 1 amide bonds. The predicted molar refractivity (Wildman–Crippen MR) is 121 cm³/mol. The highest BCUT2D eigenvalue weighted by Gasteiger charge is 2.31. The van der Waals surface area contributed by atoms with E-state index in [1.807, 2.05) is 31.7 Å². The number of rotatable bonds is 6. The van der Waals surface area contributed by atoms with E-state index >= 15 is 0 Å². The van der Waals surface area contributed by atoms with Crippen molar-refractivity contribution in [3.63, 3.8) is 0 Å². The van der Waals surface area contributed by atoms with Crippen molar-refractivity contribution in [1.29, 1.82) is 0 Å². The van der Waals surface area contributed by atoms with Gasteiger partial charge in [0.1, 0.15) is 11.4 Å². The average molecular weight is 418 g/mol. The number of amides is 1. The first-order valence-corrected chi connectivity index (χ1v) is 11.4. The molecule has 3 rings (SSSR count). The maximum Gasteiger partial charge on any atom is 0.410 e. The third-order valence-corrected chi connectivity index (χ3v) is 6.25. The van der Waals surface area contributed by atoms with Crippen LogP contribution in [-0.2, 0) is 4.74 Å². The second-order valence-electron chi connectivity index (χ2n) is 9.83. The van der Waals surface area contributed by atoms with Crippen LogP contribution in [0.5, 0.6) is 5.75 Å². The minimum Gasteiger partial charge on any atom is -0.497 e. The number of carbonyl (C=O) groups is 1. The van der Waals surface area contributed by atoms with E-state index in [-0.39, 0.29) is 6.09 Å². The number of methoxy groups -OCH3 is 1. The molecule has 6 nitrogen and oxygen atoms in total. The van der Waals surface area contributed by atoms with Gasteiger partial charge in [0.2, 0.25) is 0 Å². The zero-order chi connectivity index (χ0) is 21.7. The molecule has 1 N–H and O–H groups in total. The largest absolute Gasteiger partial charge is 0.497 e. The number of hydrogen-bond acceptors (Lipinski definition) is 5. The van der Waals surface area contributed by atoms with Crippen molar-refractivity contribution in [2.24, 2.45) is 11.8 Å². The molecule has 1 aromatic carbocycles. The van der Waals surface area contributed by atoms with Gasteiger partial charge in [0.05, 0.1) is 7.11 Å². The van der Waals surface area contributed by atoms with Crippen LogP contribution < -0.4 is 15.0 Å². The summed E-state index contributed by atoms with van der Waals surface area (Å²) in [7, 11) is 1.71. The normalized spacial score (nSPS) is 23.4. The molecule has 1 aromatic rings. The molecule has 2 heterocycles. The lowest BCUT2D eigenvalue weighted by Gasteiger charge is -2.37. The highest BCUT2D eigenvalue weighted by Crippen LogP contribution is 2.27. The summed E-state index contributed by atoms with van der Waals surface area (Å²) in [6.45, 7) is 12.8. The summed E-state index contributed by atoms with van der Waals surface area (Å²) in [5, 5.41) is 3.77. The highest BCUT2D eigenvalue weighted by molar-refractivity contribution is 5.68. The molecule has 6 heteroatoms. The van der Waals surface area contributed by atoms with Gasteiger partial charge in [0.25, 0.3) is 0 Å². The summed E-state index contributed by atoms with van der Waals surface area (Å²) in [6.07, 6.45) is 3.23. The average Bonchev–Trinajstić information content (AvgIpc) is 3.20. The van der Waals surface area contributed by atoms with Crippen LogP contribution in [0.25, 0.3) is 0 Å². The Labute approximate surface area is 181 Å². The number of nitrogens with zero attached hydrogens (tertiary/aromatic N) is 2. The molecule has 0 spiro atoms.